The van der Waals surface area contributed by atoms with Gasteiger partial charge in [-0.15, -0.1) is 0 Å². The van der Waals surface area contributed by atoms with Crippen LogP contribution in [0.1, 0.15) is 36.7 Å². The fourth-order valence-corrected chi connectivity index (χ4v) is 2.87. The molecular formula is C22H25ClN2O4. The van der Waals surface area contributed by atoms with Crippen molar-refractivity contribution in [1.29, 1.82) is 0 Å². The van der Waals surface area contributed by atoms with Crippen LogP contribution in [0.3, 0.4) is 0 Å². The Morgan fingerprint density at radius 1 is 1.21 bits per heavy atom. The second-order valence-electron chi connectivity index (χ2n) is 6.46. The molecule has 2 N–H and O–H groups in total. The van der Waals surface area contributed by atoms with Crippen molar-refractivity contribution in [3.8, 4) is 11.5 Å². The number of amides is 2. The lowest BCUT2D eigenvalue weighted by atomic mass is 10.1. The maximum absolute atomic E-state index is 12.4. The lowest BCUT2D eigenvalue weighted by Crippen LogP contribution is -2.30. The van der Waals surface area contributed by atoms with E-state index in [0.717, 1.165) is 0 Å². The third-order valence-corrected chi connectivity index (χ3v) is 4.10. The van der Waals surface area contributed by atoms with Crippen LogP contribution in [0.2, 0.25) is 5.02 Å². The maximum Gasteiger partial charge on any atom is 0.253 e. The van der Waals surface area contributed by atoms with E-state index >= 15 is 0 Å². The Hall–Kier alpha value is -2.99. The maximum atomic E-state index is 12.4. The number of hydrogen-bond donors (Lipinski definition) is 2. The van der Waals surface area contributed by atoms with Gasteiger partial charge in [-0.25, -0.2) is 0 Å². The highest BCUT2D eigenvalue weighted by Gasteiger charge is 2.13. The van der Waals surface area contributed by atoms with E-state index in [1.165, 1.54) is 13.2 Å². The van der Waals surface area contributed by atoms with Gasteiger partial charge in [0.25, 0.3) is 5.91 Å². The predicted octanol–water partition coefficient (Wildman–Crippen LogP) is 4.54. The SMILES string of the molecule is CCOc1c(Cl)cc(/C=C/C(=O)Nc2ccccc2C(=O)NC(C)C)cc1OC. The van der Waals surface area contributed by atoms with Crippen molar-refractivity contribution in [3.05, 3.63) is 58.6 Å². The second-order valence-corrected chi connectivity index (χ2v) is 6.87. The van der Waals surface area contributed by atoms with Crippen LogP contribution >= 0.6 is 11.6 Å². The smallest absolute Gasteiger partial charge is 0.253 e. The predicted molar refractivity (Wildman–Crippen MR) is 116 cm³/mol. The zero-order valence-corrected chi connectivity index (χ0v) is 17.7. The summed E-state index contributed by atoms with van der Waals surface area (Å²) < 4.78 is 10.8. The molecule has 2 aromatic carbocycles. The Labute approximate surface area is 175 Å². The van der Waals surface area contributed by atoms with Gasteiger partial charge in [-0.1, -0.05) is 23.7 Å². The van der Waals surface area contributed by atoms with E-state index in [0.29, 0.717) is 39.9 Å². The van der Waals surface area contributed by atoms with E-state index in [4.69, 9.17) is 21.1 Å². The highest BCUT2D eigenvalue weighted by Crippen LogP contribution is 2.36. The van der Waals surface area contributed by atoms with Gasteiger partial charge in [-0.3, -0.25) is 9.59 Å². The molecule has 7 heteroatoms. The Morgan fingerprint density at radius 2 is 1.93 bits per heavy atom. The zero-order chi connectivity index (χ0) is 21.4. The first-order valence-corrected chi connectivity index (χ1v) is 9.62. The number of halogens is 1. The van der Waals surface area contributed by atoms with Crippen molar-refractivity contribution in [3.63, 3.8) is 0 Å². The van der Waals surface area contributed by atoms with E-state index in [-0.39, 0.29) is 17.9 Å². The highest BCUT2D eigenvalue weighted by atomic mass is 35.5. The summed E-state index contributed by atoms with van der Waals surface area (Å²) in [5.41, 5.74) is 1.51. The minimum atomic E-state index is -0.376. The van der Waals surface area contributed by atoms with Crippen molar-refractivity contribution in [2.45, 2.75) is 26.8 Å². The van der Waals surface area contributed by atoms with Crippen LogP contribution < -0.4 is 20.1 Å². The average Bonchev–Trinajstić information content (AvgIpc) is 2.68. The molecule has 0 saturated heterocycles. The van der Waals surface area contributed by atoms with Crippen molar-refractivity contribution >= 4 is 35.2 Å². The molecule has 0 radical (unpaired) electrons. The largest absolute Gasteiger partial charge is 0.493 e. The van der Waals surface area contributed by atoms with E-state index in [2.05, 4.69) is 10.6 Å². The molecule has 154 valence electrons. The Morgan fingerprint density at radius 3 is 2.59 bits per heavy atom. The van der Waals surface area contributed by atoms with Gasteiger partial charge in [-0.05, 0) is 56.7 Å². The van der Waals surface area contributed by atoms with Crippen molar-refractivity contribution < 1.29 is 19.1 Å². The molecule has 2 aromatic rings. The van der Waals surface area contributed by atoms with Gasteiger partial charge < -0.3 is 20.1 Å². The molecule has 0 aliphatic heterocycles. The van der Waals surface area contributed by atoms with Crippen LogP contribution in [0.25, 0.3) is 6.08 Å². The molecule has 6 nitrogen and oxygen atoms in total. The zero-order valence-electron chi connectivity index (χ0n) is 16.9. The fourth-order valence-electron chi connectivity index (χ4n) is 2.60. The first kappa shape index (κ1) is 22.3. The minimum absolute atomic E-state index is 0.00876. The van der Waals surface area contributed by atoms with Gasteiger partial charge in [0.1, 0.15) is 0 Å². The van der Waals surface area contributed by atoms with Crippen LogP contribution in [0.4, 0.5) is 5.69 Å². The molecule has 0 unspecified atom stereocenters. The summed E-state index contributed by atoms with van der Waals surface area (Å²) in [6, 6.07) is 10.2. The molecule has 0 atom stereocenters. The van der Waals surface area contributed by atoms with E-state index in [1.54, 1.807) is 42.5 Å². The van der Waals surface area contributed by atoms with Crippen molar-refractivity contribution in [1.82, 2.24) is 5.32 Å². The standard InChI is InChI=1S/C22H25ClN2O4/c1-5-29-21-17(23)12-15(13-19(21)28-4)10-11-20(26)25-18-9-7-6-8-16(18)22(27)24-14(2)3/h6-14H,5H2,1-4H3,(H,24,27)(H,25,26)/b11-10+. The molecule has 0 aromatic heterocycles. The molecule has 0 aliphatic carbocycles. The molecule has 2 amide bonds. The van der Waals surface area contributed by atoms with Gasteiger partial charge in [0.15, 0.2) is 11.5 Å². The number of ether oxygens (including phenoxy) is 2. The average molecular weight is 417 g/mol. The highest BCUT2D eigenvalue weighted by molar-refractivity contribution is 6.32. The number of carbonyl (C=O) groups is 2. The normalized spacial score (nSPS) is 10.8. The monoisotopic (exact) mass is 416 g/mol. The van der Waals surface area contributed by atoms with Crippen molar-refractivity contribution in [2.75, 3.05) is 19.0 Å². The second kappa shape index (κ2) is 10.5. The van der Waals surface area contributed by atoms with Crippen LogP contribution in [-0.4, -0.2) is 31.6 Å². The Balaban J connectivity index is 2.17. The molecule has 2 rings (SSSR count). The number of nitrogens with one attached hydrogen (secondary N) is 2. The number of para-hydroxylation sites is 1. The van der Waals surface area contributed by atoms with Gasteiger partial charge in [0.05, 0.1) is 30.0 Å². The van der Waals surface area contributed by atoms with E-state index < -0.39 is 0 Å². The Kier molecular flexibility index (Phi) is 8.09. The summed E-state index contributed by atoms with van der Waals surface area (Å²) in [5.74, 6) is 0.320. The number of rotatable bonds is 8. The number of carbonyl (C=O) groups excluding carboxylic acids is 2. The van der Waals surface area contributed by atoms with Gasteiger partial charge in [0, 0.05) is 12.1 Å². The quantitative estimate of drug-likeness (QED) is 0.619. The summed E-state index contributed by atoms with van der Waals surface area (Å²) >= 11 is 6.25. The van der Waals surface area contributed by atoms with Crippen LogP contribution in [0, 0.1) is 0 Å². The first-order chi connectivity index (χ1) is 13.8. The molecular weight excluding hydrogens is 392 g/mol. The Bertz CT molecular complexity index is 910. The third-order valence-electron chi connectivity index (χ3n) is 3.82. The van der Waals surface area contributed by atoms with E-state index in [1.807, 2.05) is 20.8 Å². The first-order valence-electron chi connectivity index (χ1n) is 9.25. The summed E-state index contributed by atoms with van der Waals surface area (Å²) in [4.78, 5) is 24.7. The van der Waals surface area contributed by atoms with Crippen LogP contribution in [0.15, 0.2) is 42.5 Å². The molecule has 0 saturated carbocycles. The van der Waals surface area contributed by atoms with E-state index in [9.17, 15) is 9.59 Å². The van der Waals surface area contributed by atoms with Gasteiger partial charge in [-0.2, -0.15) is 0 Å². The number of benzene rings is 2. The molecule has 0 fully saturated rings. The molecule has 0 aliphatic rings. The summed E-state index contributed by atoms with van der Waals surface area (Å²) in [6.45, 7) is 6.06. The van der Waals surface area contributed by atoms with Gasteiger partial charge >= 0.3 is 0 Å². The topological polar surface area (TPSA) is 76.7 Å². The minimum Gasteiger partial charge on any atom is -0.493 e. The number of anilines is 1. The number of methoxy groups -OCH3 is 1. The lowest BCUT2D eigenvalue weighted by Gasteiger charge is -2.12. The summed E-state index contributed by atoms with van der Waals surface area (Å²) in [7, 11) is 1.52. The molecule has 0 spiro atoms. The van der Waals surface area contributed by atoms with Crippen molar-refractivity contribution in [2.24, 2.45) is 0 Å². The number of hydrogen-bond acceptors (Lipinski definition) is 4. The molecule has 29 heavy (non-hydrogen) atoms. The summed E-state index contributed by atoms with van der Waals surface area (Å²) in [5, 5.41) is 5.94. The third kappa shape index (κ3) is 6.26. The van der Waals surface area contributed by atoms with Crippen LogP contribution in [0.5, 0.6) is 11.5 Å². The van der Waals surface area contributed by atoms with Crippen LogP contribution in [-0.2, 0) is 4.79 Å². The fraction of sp³-hybridized carbons (Fsp3) is 0.273. The van der Waals surface area contributed by atoms with Gasteiger partial charge in [0.2, 0.25) is 5.91 Å². The molecule has 0 bridgehead atoms. The molecule has 0 heterocycles. The summed E-state index contributed by atoms with van der Waals surface area (Å²) in [6.07, 6.45) is 2.97. The lowest BCUT2D eigenvalue weighted by molar-refractivity contribution is -0.111.